The fourth-order valence-corrected chi connectivity index (χ4v) is 3.93. The summed E-state index contributed by atoms with van der Waals surface area (Å²) in [6.45, 7) is 8.14. The molecule has 0 spiro atoms. The topological polar surface area (TPSA) is 57.6 Å². The van der Waals surface area contributed by atoms with Crippen LogP contribution in [0.4, 0.5) is 9.18 Å². The summed E-state index contributed by atoms with van der Waals surface area (Å²) >= 11 is 0. The Bertz CT molecular complexity index is 880. The molecule has 1 unspecified atom stereocenters. The zero-order chi connectivity index (χ0) is 21.7. The molecule has 3 amide bonds. The minimum Gasteiger partial charge on any atom is -0.348 e. The number of hydrogen-bond acceptors (Lipinski definition) is 2. The third kappa shape index (κ3) is 4.83. The summed E-state index contributed by atoms with van der Waals surface area (Å²) in [6.07, 6.45) is 2.78. The highest BCUT2D eigenvalue weighted by molar-refractivity contribution is 5.84. The van der Waals surface area contributed by atoms with Gasteiger partial charge in [-0.25, -0.2) is 9.18 Å². The van der Waals surface area contributed by atoms with Crippen LogP contribution in [0.3, 0.4) is 0 Å². The molecule has 0 radical (unpaired) electrons. The Morgan fingerprint density at radius 3 is 2.67 bits per heavy atom. The minimum absolute atomic E-state index is 0.0284. The second-order valence-electron chi connectivity index (χ2n) is 8.14. The fourth-order valence-electron chi connectivity index (χ4n) is 3.93. The molecular formula is C23H31FN4O2. The van der Waals surface area contributed by atoms with Crippen LogP contribution in [-0.4, -0.2) is 52.5 Å². The fraction of sp³-hybridized carbons (Fsp3) is 0.478. The van der Waals surface area contributed by atoms with Crippen molar-refractivity contribution in [3.05, 3.63) is 59.7 Å². The number of rotatable bonds is 7. The van der Waals surface area contributed by atoms with Crippen LogP contribution < -0.4 is 5.32 Å². The number of fused-ring (bicyclic) bond motifs is 1. The molecule has 3 rings (SSSR count). The van der Waals surface area contributed by atoms with Gasteiger partial charge in [-0.05, 0) is 30.5 Å². The van der Waals surface area contributed by atoms with Crippen molar-refractivity contribution in [1.29, 1.82) is 0 Å². The molecule has 2 aromatic rings. The van der Waals surface area contributed by atoms with E-state index < -0.39 is 6.04 Å². The van der Waals surface area contributed by atoms with Gasteiger partial charge in [0.1, 0.15) is 18.4 Å². The maximum Gasteiger partial charge on any atom is 0.317 e. The number of carbonyl (C=O) groups excluding carboxylic acids is 2. The molecule has 0 saturated carbocycles. The predicted molar refractivity (Wildman–Crippen MR) is 114 cm³/mol. The zero-order valence-electron chi connectivity index (χ0n) is 18.0. The number of aromatic nitrogens is 1. The minimum atomic E-state index is -0.512. The van der Waals surface area contributed by atoms with Gasteiger partial charge < -0.3 is 19.7 Å². The van der Waals surface area contributed by atoms with Crippen molar-refractivity contribution >= 4 is 11.9 Å². The smallest absolute Gasteiger partial charge is 0.317 e. The van der Waals surface area contributed by atoms with Crippen molar-refractivity contribution in [2.24, 2.45) is 5.92 Å². The highest BCUT2D eigenvalue weighted by Gasteiger charge is 2.34. The third-order valence-electron chi connectivity index (χ3n) is 5.28. The van der Waals surface area contributed by atoms with Crippen molar-refractivity contribution in [2.75, 3.05) is 26.2 Å². The number of nitrogens with zero attached hydrogens (tertiary/aromatic N) is 3. The quantitative estimate of drug-likeness (QED) is 0.752. The van der Waals surface area contributed by atoms with E-state index in [2.05, 4.69) is 9.88 Å². The van der Waals surface area contributed by atoms with Crippen LogP contribution in [0.25, 0.3) is 0 Å². The average Bonchev–Trinajstić information content (AvgIpc) is 3.19. The number of urea groups is 1. The van der Waals surface area contributed by atoms with Gasteiger partial charge in [0.05, 0.1) is 0 Å². The second-order valence-corrected chi connectivity index (χ2v) is 8.14. The molecule has 0 fully saturated rings. The van der Waals surface area contributed by atoms with Crippen molar-refractivity contribution in [2.45, 2.75) is 39.8 Å². The Labute approximate surface area is 177 Å². The molecule has 30 heavy (non-hydrogen) atoms. The van der Waals surface area contributed by atoms with Gasteiger partial charge in [-0.2, -0.15) is 0 Å². The lowest BCUT2D eigenvalue weighted by molar-refractivity contribution is -0.134. The first-order chi connectivity index (χ1) is 14.4. The number of carbonyl (C=O) groups is 2. The number of hydrogen-bond donors (Lipinski definition) is 1. The van der Waals surface area contributed by atoms with E-state index in [9.17, 15) is 14.0 Å². The molecule has 0 bridgehead atoms. The summed E-state index contributed by atoms with van der Waals surface area (Å²) in [7, 11) is 0. The van der Waals surface area contributed by atoms with E-state index >= 15 is 0 Å². The first-order valence-corrected chi connectivity index (χ1v) is 10.6. The first kappa shape index (κ1) is 21.9. The number of halogens is 1. The first-order valence-electron chi connectivity index (χ1n) is 10.6. The van der Waals surface area contributed by atoms with E-state index in [1.54, 1.807) is 28.0 Å². The molecule has 162 valence electrons. The summed E-state index contributed by atoms with van der Waals surface area (Å²) in [4.78, 5) is 29.2. The van der Waals surface area contributed by atoms with Crippen LogP contribution >= 0.6 is 0 Å². The molecule has 1 aromatic heterocycles. The molecule has 0 saturated heterocycles. The van der Waals surface area contributed by atoms with Gasteiger partial charge >= 0.3 is 6.03 Å². The molecular weight excluding hydrogens is 383 g/mol. The van der Waals surface area contributed by atoms with Gasteiger partial charge in [0, 0.05) is 43.6 Å². The Morgan fingerprint density at radius 1 is 1.20 bits per heavy atom. The summed E-state index contributed by atoms with van der Waals surface area (Å²) in [6, 6.07) is 9.67. The predicted octanol–water partition coefficient (Wildman–Crippen LogP) is 3.64. The van der Waals surface area contributed by atoms with Crippen LogP contribution in [0.5, 0.6) is 0 Å². The maximum absolute atomic E-state index is 14.7. The Morgan fingerprint density at radius 2 is 1.97 bits per heavy atom. The van der Waals surface area contributed by atoms with Crippen LogP contribution in [0.1, 0.15) is 44.5 Å². The SMILES string of the molecule is CCCNC(=O)N(CC(=O)N1CCn2cccc2C1c1ccccc1F)CC(C)C. The lowest BCUT2D eigenvalue weighted by atomic mass is 9.99. The Hall–Kier alpha value is -2.83. The van der Waals surface area contributed by atoms with Gasteiger partial charge in [0.25, 0.3) is 0 Å². The summed E-state index contributed by atoms with van der Waals surface area (Å²) < 4.78 is 16.7. The number of amides is 3. The van der Waals surface area contributed by atoms with E-state index in [0.717, 1.165) is 12.1 Å². The molecule has 6 nitrogen and oxygen atoms in total. The molecule has 1 atom stereocenters. The largest absolute Gasteiger partial charge is 0.348 e. The van der Waals surface area contributed by atoms with E-state index in [-0.39, 0.29) is 30.2 Å². The molecule has 1 aromatic carbocycles. The molecule has 1 aliphatic rings. The van der Waals surface area contributed by atoms with Crippen LogP contribution in [-0.2, 0) is 11.3 Å². The van der Waals surface area contributed by atoms with E-state index in [1.807, 2.05) is 39.1 Å². The monoisotopic (exact) mass is 414 g/mol. The Balaban J connectivity index is 1.87. The molecule has 0 aliphatic carbocycles. The van der Waals surface area contributed by atoms with Gasteiger partial charge in [-0.15, -0.1) is 0 Å². The molecule has 1 aliphatic heterocycles. The van der Waals surface area contributed by atoms with Crippen molar-refractivity contribution < 1.29 is 14.0 Å². The molecule has 1 N–H and O–H groups in total. The van der Waals surface area contributed by atoms with Gasteiger partial charge in [0.15, 0.2) is 0 Å². The normalized spacial score (nSPS) is 15.8. The zero-order valence-corrected chi connectivity index (χ0v) is 18.0. The average molecular weight is 415 g/mol. The summed E-state index contributed by atoms with van der Waals surface area (Å²) in [5.74, 6) is -0.288. The van der Waals surface area contributed by atoms with Crippen LogP contribution in [0.15, 0.2) is 42.6 Å². The summed E-state index contributed by atoms with van der Waals surface area (Å²) in [5, 5.41) is 2.86. The van der Waals surface area contributed by atoms with Crippen molar-refractivity contribution in [3.8, 4) is 0 Å². The van der Waals surface area contributed by atoms with Crippen molar-refractivity contribution in [3.63, 3.8) is 0 Å². The highest BCUT2D eigenvalue weighted by Crippen LogP contribution is 2.33. The summed E-state index contributed by atoms with van der Waals surface area (Å²) in [5.41, 5.74) is 1.35. The van der Waals surface area contributed by atoms with Crippen LogP contribution in [0.2, 0.25) is 0 Å². The van der Waals surface area contributed by atoms with Gasteiger partial charge in [-0.1, -0.05) is 39.0 Å². The van der Waals surface area contributed by atoms with Gasteiger partial charge in [-0.3, -0.25) is 4.79 Å². The maximum atomic E-state index is 14.7. The lowest BCUT2D eigenvalue weighted by Gasteiger charge is -2.38. The lowest BCUT2D eigenvalue weighted by Crippen LogP contribution is -2.50. The van der Waals surface area contributed by atoms with Crippen LogP contribution in [0, 0.1) is 11.7 Å². The van der Waals surface area contributed by atoms with E-state index in [1.165, 1.54) is 6.07 Å². The van der Waals surface area contributed by atoms with E-state index in [4.69, 9.17) is 0 Å². The van der Waals surface area contributed by atoms with E-state index in [0.29, 0.717) is 31.7 Å². The second kappa shape index (κ2) is 9.78. The highest BCUT2D eigenvalue weighted by atomic mass is 19.1. The Kier molecular flexibility index (Phi) is 7.13. The standard InChI is InChI=1S/C23H31FN4O2/c1-4-11-25-23(30)27(15-17(2)3)16-21(29)28-14-13-26-12-7-10-20(26)22(28)18-8-5-6-9-19(18)24/h5-10,12,17,22H,4,11,13-16H2,1-3H3,(H,25,30). The van der Waals surface area contributed by atoms with Crippen molar-refractivity contribution in [1.82, 2.24) is 19.7 Å². The third-order valence-corrected chi connectivity index (χ3v) is 5.28. The molecule has 2 heterocycles. The number of nitrogens with one attached hydrogen (secondary N) is 1. The number of benzene rings is 1. The molecule has 7 heteroatoms. The van der Waals surface area contributed by atoms with Gasteiger partial charge in [0.2, 0.25) is 5.91 Å².